The number of hydrogen-bond acceptors (Lipinski definition) is 4. The molecule has 4 heteroatoms. The van der Waals surface area contributed by atoms with Crippen LogP contribution in [-0.2, 0) is 4.79 Å². The van der Waals surface area contributed by atoms with Crippen LogP contribution in [-0.4, -0.2) is 16.7 Å². The normalized spacial score (nSPS) is 14.9. The topological polar surface area (TPSA) is 78.2 Å². The first-order valence-electron chi connectivity index (χ1n) is 4.18. The van der Waals surface area contributed by atoms with E-state index in [1.807, 2.05) is 0 Å². The van der Waals surface area contributed by atoms with Gasteiger partial charge in [0.05, 0.1) is 0 Å². The number of carbonyl (C=O) groups is 2. The standard InChI is InChI=1S/C11H5NO3/c12-5-8-9(13)6-3-1-2-4-7(6)10(14)11(8)15/h1-4,13H. The van der Waals surface area contributed by atoms with E-state index < -0.39 is 22.9 Å². The number of ketones is 2. The second kappa shape index (κ2) is 3.07. The van der Waals surface area contributed by atoms with E-state index in [2.05, 4.69) is 0 Å². The summed E-state index contributed by atoms with van der Waals surface area (Å²) in [6, 6.07) is 7.68. The number of benzene rings is 1. The molecule has 1 aliphatic carbocycles. The molecule has 0 atom stereocenters. The van der Waals surface area contributed by atoms with Crippen molar-refractivity contribution in [3.05, 3.63) is 41.0 Å². The zero-order valence-electron chi connectivity index (χ0n) is 7.52. The van der Waals surface area contributed by atoms with Gasteiger partial charge in [-0.05, 0) is 0 Å². The maximum atomic E-state index is 11.5. The van der Waals surface area contributed by atoms with Gasteiger partial charge in [-0.1, -0.05) is 24.3 Å². The van der Waals surface area contributed by atoms with Crippen LogP contribution in [0, 0.1) is 11.3 Å². The second-order valence-corrected chi connectivity index (χ2v) is 3.04. The molecule has 15 heavy (non-hydrogen) atoms. The van der Waals surface area contributed by atoms with Crippen LogP contribution in [0.3, 0.4) is 0 Å². The van der Waals surface area contributed by atoms with E-state index in [-0.39, 0.29) is 11.1 Å². The third-order valence-corrected chi connectivity index (χ3v) is 2.21. The van der Waals surface area contributed by atoms with E-state index in [0.29, 0.717) is 0 Å². The Balaban J connectivity index is 2.81. The first kappa shape index (κ1) is 9.16. The molecule has 1 N–H and O–H groups in total. The number of aliphatic hydroxyl groups is 1. The van der Waals surface area contributed by atoms with Crippen molar-refractivity contribution in [3.63, 3.8) is 0 Å². The maximum absolute atomic E-state index is 11.5. The second-order valence-electron chi connectivity index (χ2n) is 3.04. The predicted molar refractivity (Wildman–Crippen MR) is 50.9 cm³/mol. The van der Waals surface area contributed by atoms with E-state index in [9.17, 15) is 14.7 Å². The Bertz CT molecular complexity index is 549. The molecular formula is C11H5NO3. The van der Waals surface area contributed by atoms with Crippen molar-refractivity contribution >= 4 is 17.3 Å². The van der Waals surface area contributed by atoms with Crippen LogP contribution in [0.25, 0.3) is 5.76 Å². The zero-order valence-corrected chi connectivity index (χ0v) is 7.52. The van der Waals surface area contributed by atoms with Crippen molar-refractivity contribution in [1.29, 1.82) is 5.26 Å². The summed E-state index contributed by atoms with van der Waals surface area (Å²) in [5.74, 6) is -2.12. The smallest absolute Gasteiger partial charge is 0.247 e. The number of rotatable bonds is 0. The molecule has 0 fully saturated rings. The van der Waals surface area contributed by atoms with Gasteiger partial charge < -0.3 is 5.11 Å². The Hall–Kier alpha value is -2.41. The highest BCUT2D eigenvalue weighted by Gasteiger charge is 2.32. The average molecular weight is 199 g/mol. The Morgan fingerprint density at radius 1 is 1.07 bits per heavy atom. The number of Topliss-reactive ketones (excluding diaryl/α,β-unsaturated/α-hetero) is 2. The van der Waals surface area contributed by atoms with Gasteiger partial charge in [0.1, 0.15) is 17.4 Å². The summed E-state index contributed by atoms with van der Waals surface area (Å²) in [6.07, 6.45) is 0. The number of hydrogen-bond donors (Lipinski definition) is 1. The van der Waals surface area contributed by atoms with Crippen LogP contribution in [0.2, 0.25) is 0 Å². The summed E-state index contributed by atoms with van der Waals surface area (Å²) in [5, 5.41) is 18.2. The third-order valence-electron chi connectivity index (χ3n) is 2.21. The lowest BCUT2D eigenvalue weighted by atomic mass is 9.89. The van der Waals surface area contributed by atoms with Gasteiger partial charge in [-0.25, -0.2) is 0 Å². The van der Waals surface area contributed by atoms with Crippen LogP contribution in [0.5, 0.6) is 0 Å². The van der Waals surface area contributed by atoms with E-state index in [1.165, 1.54) is 18.2 Å². The maximum Gasteiger partial charge on any atom is 0.247 e. The number of nitrogens with zero attached hydrogens (tertiary/aromatic N) is 1. The Morgan fingerprint density at radius 2 is 1.67 bits per heavy atom. The summed E-state index contributed by atoms with van der Waals surface area (Å²) in [6.45, 7) is 0. The van der Waals surface area contributed by atoms with Crippen molar-refractivity contribution in [3.8, 4) is 6.07 Å². The van der Waals surface area contributed by atoms with Gasteiger partial charge in [-0.15, -0.1) is 0 Å². The van der Waals surface area contributed by atoms with Crippen molar-refractivity contribution in [2.24, 2.45) is 0 Å². The molecule has 0 bridgehead atoms. The van der Waals surface area contributed by atoms with Crippen LogP contribution in [0.15, 0.2) is 29.8 Å². The molecule has 0 amide bonds. The van der Waals surface area contributed by atoms with Crippen molar-refractivity contribution in [2.45, 2.75) is 0 Å². The Morgan fingerprint density at radius 3 is 2.27 bits per heavy atom. The predicted octanol–water partition coefficient (Wildman–Crippen LogP) is 1.24. The van der Waals surface area contributed by atoms with Gasteiger partial charge in [0, 0.05) is 11.1 Å². The quantitative estimate of drug-likeness (QED) is 0.637. The summed E-state index contributed by atoms with van der Waals surface area (Å²) in [5.41, 5.74) is -0.114. The highest BCUT2D eigenvalue weighted by molar-refractivity contribution is 6.53. The molecule has 0 aromatic heterocycles. The van der Waals surface area contributed by atoms with Gasteiger partial charge >= 0.3 is 0 Å². The fourth-order valence-corrected chi connectivity index (χ4v) is 1.47. The molecule has 72 valence electrons. The molecular weight excluding hydrogens is 194 g/mol. The molecule has 0 saturated heterocycles. The van der Waals surface area contributed by atoms with E-state index in [4.69, 9.17) is 5.26 Å². The molecule has 0 spiro atoms. The molecule has 0 heterocycles. The summed E-state index contributed by atoms with van der Waals surface area (Å²) >= 11 is 0. The highest BCUT2D eigenvalue weighted by Crippen LogP contribution is 2.26. The molecule has 0 unspecified atom stereocenters. The lowest BCUT2D eigenvalue weighted by molar-refractivity contribution is -0.111. The van der Waals surface area contributed by atoms with Crippen molar-refractivity contribution < 1.29 is 14.7 Å². The van der Waals surface area contributed by atoms with Crippen LogP contribution >= 0.6 is 0 Å². The van der Waals surface area contributed by atoms with Gasteiger partial charge in [0.15, 0.2) is 0 Å². The van der Waals surface area contributed by atoms with E-state index in [0.717, 1.165) is 0 Å². The SMILES string of the molecule is N#CC1=C(O)c2ccccc2C(=O)C1=O. The molecule has 4 nitrogen and oxygen atoms in total. The fourth-order valence-electron chi connectivity index (χ4n) is 1.47. The number of allylic oxidation sites excluding steroid dienone is 1. The highest BCUT2D eigenvalue weighted by atomic mass is 16.3. The number of nitriles is 1. The largest absolute Gasteiger partial charge is 0.506 e. The lowest BCUT2D eigenvalue weighted by Gasteiger charge is -2.13. The third kappa shape index (κ3) is 1.14. The minimum Gasteiger partial charge on any atom is -0.506 e. The molecule has 0 aliphatic heterocycles. The summed E-state index contributed by atoms with van der Waals surface area (Å²) in [4.78, 5) is 22.8. The van der Waals surface area contributed by atoms with E-state index >= 15 is 0 Å². The number of fused-ring (bicyclic) bond motifs is 1. The van der Waals surface area contributed by atoms with Crippen molar-refractivity contribution in [1.82, 2.24) is 0 Å². The Kier molecular flexibility index (Phi) is 1.87. The van der Waals surface area contributed by atoms with Crippen molar-refractivity contribution in [2.75, 3.05) is 0 Å². The average Bonchev–Trinajstić information content (AvgIpc) is 2.27. The summed E-state index contributed by atoms with van der Waals surface area (Å²) < 4.78 is 0. The Labute approximate surface area is 85.1 Å². The number of carbonyl (C=O) groups excluding carboxylic acids is 2. The van der Waals surface area contributed by atoms with Crippen LogP contribution < -0.4 is 0 Å². The number of aliphatic hydroxyl groups excluding tert-OH is 1. The molecule has 2 rings (SSSR count). The van der Waals surface area contributed by atoms with Crippen LogP contribution in [0.1, 0.15) is 15.9 Å². The molecule has 1 aliphatic rings. The first-order valence-corrected chi connectivity index (χ1v) is 4.18. The minimum atomic E-state index is -0.950. The van der Waals surface area contributed by atoms with Crippen LogP contribution in [0.4, 0.5) is 0 Å². The monoisotopic (exact) mass is 199 g/mol. The molecule has 0 radical (unpaired) electrons. The fraction of sp³-hybridized carbons (Fsp3) is 0. The first-order chi connectivity index (χ1) is 7.16. The molecule has 0 saturated carbocycles. The van der Waals surface area contributed by atoms with Gasteiger partial charge in [-0.2, -0.15) is 5.26 Å². The lowest BCUT2D eigenvalue weighted by Crippen LogP contribution is -2.23. The van der Waals surface area contributed by atoms with E-state index in [1.54, 1.807) is 12.1 Å². The molecule has 1 aromatic carbocycles. The zero-order chi connectivity index (χ0) is 11.0. The minimum absolute atomic E-state index is 0.138. The molecule has 1 aromatic rings. The van der Waals surface area contributed by atoms with Gasteiger partial charge in [0.25, 0.3) is 0 Å². The van der Waals surface area contributed by atoms with Gasteiger partial charge in [-0.3, -0.25) is 9.59 Å². The van der Waals surface area contributed by atoms with Gasteiger partial charge in [0.2, 0.25) is 11.6 Å². The summed E-state index contributed by atoms with van der Waals surface area (Å²) in [7, 11) is 0.